The third-order valence-electron chi connectivity index (χ3n) is 5.90. The molecule has 0 aliphatic carbocycles. The summed E-state index contributed by atoms with van der Waals surface area (Å²) in [6, 6.07) is 0.233. The van der Waals surface area contributed by atoms with E-state index in [4.69, 9.17) is 4.74 Å². The first-order chi connectivity index (χ1) is 15.5. The molecule has 1 heterocycles. The Morgan fingerprint density at radius 3 is 2.53 bits per heavy atom. The van der Waals surface area contributed by atoms with Crippen molar-refractivity contribution >= 4 is 24.6 Å². The van der Waals surface area contributed by atoms with Crippen molar-refractivity contribution < 1.29 is 14.3 Å². The fourth-order valence-corrected chi connectivity index (χ4v) is 4.00. The van der Waals surface area contributed by atoms with Gasteiger partial charge in [-0.1, -0.05) is 43.4 Å². The van der Waals surface area contributed by atoms with E-state index in [1.54, 1.807) is 6.08 Å². The van der Waals surface area contributed by atoms with Crippen LogP contribution in [0.5, 0.6) is 0 Å². The first-order valence-electron chi connectivity index (χ1n) is 11.5. The number of nitrogens with zero attached hydrogens (tertiary/aromatic N) is 4. The number of ether oxygens (including phenoxy) is 1. The SMILES string of the molecule is C=CC=CC=C(C)C(CCN(CC)C(=O)C/C(=N\N=C)C(CC)CC=O)N1CCOCC1. The van der Waals surface area contributed by atoms with Crippen LogP contribution >= 0.6 is 0 Å². The van der Waals surface area contributed by atoms with Gasteiger partial charge >= 0.3 is 0 Å². The Kier molecular flexibility index (Phi) is 14.1. The molecule has 1 rings (SSSR count). The van der Waals surface area contributed by atoms with Crippen LogP contribution in [0, 0.1) is 5.92 Å². The zero-order valence-electron chi connectivity index (χ0n) is 20.0. The summed E-state index contributed by atoms with van der Waals surface area (Å²) in [6.45, 7) is 17.7. The van der Waals surface area contributed by atoms with Crippen LogP contribution in [-0.4, -0.2) is 79.9 Å². The summed E-state index contributed by atoms with van der Waals surface area (Å²) in [5, 5.41) is 7.72. The number of rotatable bonds is 15. The lowest BCUT2D eigenvalue weighted by Crippen LogP contribution is -2.46. The molecule has 0 bridgehead atoms. The number of carbonyl (C=O) groups is 2. The fourth-order valence-electron chi connectivity index (χ4n) is 4.00. The van der Waals surface area contributed by atoms with Crippen molar-refractivity contribution in [3.8, 4) is 0 Å². The van der Waals surface area contributed by atoms with Gasteiger partial charge in [0, 0.05) is 51.3 Å². The predicted octanol–water partition coefficient (Wildman–Crippen LogP) is 3.68. The molecular formula is C25H40N4O3. The van der Waals surface area contributed by atoms with Gasteiger partial charge in [-0.2, -0.15) is 10.2 Å². The molecule has 0 saturated carbocycles. The van der Waals surface area contributed by atoms with E-state index in [9.17, 15) is 9.59 Å². The van der Waals surface area contributed by atoms with E-state index >= 15 is 0 Å². The highest BCUT2D eigenvalue weighted by molar-refractivity contribution is 6.02. The molecule has 0 spiro atoms. The van der Waals surface area contributed by atoms with E-state index in [0.717, 1.165) is 45.4 Å². The highest BCUT2D eigenvalue weighted by Gasteiger charge is 2.25. The van der Waals surface area contributed by atoms with Crippen molar-refractivity contribution in [2.45, 2.75) is 52.5 Å². The number of hydrogen-bond donors (Lipinski definition) is 0. The molecule has 178 valence electrons. The van der Waals surface area contributed by atoms with Gasteiger partial charge in [0.05, 0.1) is 25.3 Å². The quantitative estimate of drug-likeness (QED) is 0.167. The second-order valence-electron chi connectivity index (χ2n) is 7.87. The van der Waals surface area contributed by atoms with E-state index in [1.807, 2.05) is 30.9 Å². The molecule has 0 aromatic carbocycles. The number of allylic oxidation sites excluding steroid dienone is 4. The van der Waals surface area contributed by atoms with Gasteiger partial charge in [0.25, 0.3) is 0 Å². The predicted molar refractivity (Wildman–Crippen MR) is 132 cm³/mol. The number of carbonyl (C=O) groups excluding carboxylic acids is 2. The summed E-state index contributed by atoms with van der Waals surface area (Å²) < 4.78 is 5.53. The minimum atomic E-state index is -0.0800. The van der Waals surface area contributed by atoms with Crippen molar-refractivity contribution in [3.63, 3.8) is 0 Å². The fraction of sp³-hybridized carbons (Fsp3) is 0.600. The van der Waals surface area contributed by atoms with E-state index in [2.05, 4.69) is 41.4 Å². The zero-order valence-corrected chi connectivity index (χ0v) is 20.0. The summed E-state index contributed by atoms with van der Waals surface area (Å²) in [4.78, 5) is 28.4. The van der Waals surface area contributed by atoms with Crippen LogP contribution < -0.4 is 0 Å². The monoisotopic (exact) mass is 444 g/mol. The summed E-state index contributed by atoms with van der Waals surface area (Å²) in [7, 11) is 0. The molecule has 32 heavy (non-hydrogen) atoms. The maximum atomic E-state index is 13.1. The summed E-state index contributed by atoms with van der Waals surface area (Å²) >= 11 is 0. The van der Waals surface area contributed by atoms with Gasteiger partial charge in [-0.25, -0.2) is 0 Å². The molecule has 1 aliphatic rings. The minimum Gasteiger partial charge on any atom is -0.379 e. The largest absolute Gasteiger partial charge is 0.379 e. The summed E-state index contributed by atoms with van der Waals surface area (Å²) in [5.41, 5.74) is 1.89. The van der Waals surface area contributed by atoms with Crippen LogP contribution in [0.15, 0.2) is 46.7 Å². The van der Waals surface area contributed by atoms with E-state index in [1.165, 1.54) is 5.57 Å². The lowest BCUT2D eigenvalue weighted by Gasteiger charge is -2.36. The van der Waals surface area contributed by atoms with Gasteiger partial charge in [-0.05, 0) is 26.7 Å². The highest BCUT2D eigenvalue weighted by atomic mass is 16.5. The topological polar surface area (TPSA) is 74.6 Å². The van der Waals surface area contributed by atoms with Crippen LogP contribution in [0.3, 0.4) is 0 Å². The maximum Gasteiger partial charge on any atom is 0.228 e. The Hall–Kier alpha value is -2.38. The number of morpholine rings is 1. The Balaban J connectivity index is 2.91. The van der Waals surface area contributed by atoms with Gasteiger partial charge in [0.1, 0.15) is 6.29 Å². The Bertz CT molecular complexity index is 693. The van der Waals surface area contributed by atoms with Crippen LogP contribution in [0.1, 0.15) is 46.5 Å². The van der Waals surface area contributed by atoms with Crippen molar-refractivity contribution in [2.75, 3.05) is 39.4 Å². The van der Waals surface area contributed by atoms with Gasteiger partial charge < -0.3 is 14.4 Å². The van der Waals surface area contributed by atoms with E-state index in [0.29, 0.717) is 25.2 Å². The van der Waals surface area contributed by atoms with Crippen LogP contribution in [0.25, 0.3) is 0 Å². The third kappa shape index (κ3) is 9.40. The van der Waals surface area contributed by atoms with Gasteiger partial charge in [0.15, 0.2) is 0 Å². The first kappa shape index (κ1) is 27.7. The van der Waals surface area contributed by atoms with Crippen molar-refractivity contribution in [3.05, 3.63) is 36.5 Å². The number of amides is 1. The molecule has 0 N–H and O–H groups in total. The average molecular weight is 445 g/mol. The van der Waals surface area contributed by atoms with E-state index < -0.39 is 0 Å². The molecule has 0 radical (unpaired) electrons. The standard InChI is InChI=1S/C25H40N4O3/c1-6-9-10-11-21(4)24(29-15-18-32-19-16-29)12-14-28(8-3)25(31)20-23(27-26-5)22(7-2)13-17-30/h6,9-11,17,22,24H,1,5,7-8,12-16,18-20H2,2-4H3/b10-9?,21-11?,27-23+. The van der Waals surface area contributed by atoms with E-state index in [-0.39, 0.29) is 24.3 Å². The van der Waals surface area contributed by atoms with Crippen molar-refractivity contribution in [1.29, 1.82) is 0 Å². The van der Waals surface area contributed by atoms with Crippen molar-refractivity contribution in [1.82, 2.24) is 9.80 Å². The molecule has 1 aliphatic heterocycles. The van der Waals surface area contributed by atoms with Crippen LogP contribution in [0.2, 0.25) is 0 Å². The molecule has 2 atom stereocenters. The normalized spacial score (nSPS) is 17.7. The Labute approximate surface area is 193 Å². The maximum absolute atomic E-state index is 13.1. The highest BCUT2D eigenvalue weighted by Crippen LogP contribution is 2.19. The molecule has 7 heteroatoms. The smallest absolute Gasteiger partial charge is 0.228 e. The summed E-state index contributed by atoms with van der Waals surface area (Å²) in [5.74, 6) is -0.0725. The van der Waals surface area contributed by atoms with Gasteiger partial charge in [0.2, 0.25) is 5.91 Å². The van der Waals surface area contributed by atoms with Crippen LogP contribution in [0.4, 0.5) is 0 Å². The lowest BCUT2D eigenvalue weighted by molar-refractivity contribution is -0.130. The summed E-state index contributed by atoms with van der Waals surface area (Å²) in [6.07, 6.45) is 10.7. The van der Waals surface area contributed by atoms with Crippen molar-refractivity contribution in [2.24, 2.45) is 16.1 Å². The second kappa shape index (κ2) is 16.3. The third-order valence-corrected chi connectivity index (χ3v) is 5.90. The molecule has 1 fully saturated rings. The zero-order chi connectivity index (χ0) is 23.8. The average Bonchev–Trinajstić information content (AvgIpc) is 2.80. The Morgan fingerprint density at radius 1 is 1.25 bits per heavy atom. The first-order valence-corrected chi connectivity index (χ1v) is 11.5. The molecule has 1 amide bonds. The molecular weight excluding hydrogens is 404 g/mol. The van der Waals surface area contributed by atoms with Gasteiger partial charge in [-0.3, -0.25) is 9.69 Å². The molecule has 2 unspecified atom stereocenters. The minimum absolute atomic E-state index is 0.00756. The molecule has 0 aromatic rings. The molecule has 7 nitrogen and oxygen atoms in total. The van der Waals surface area contributed by atoms with Gasteiger partial charge in [-0.15, -0.1) is 0 Å². The van der Waals surface area contributed by atoms with Crippen LogP contribution in [-0.2, 0) is 14.3 Å². The lowest BCUT2D eigenvalue weighted by atomic mass is 9.94. The Morgan fingerprint density at radius 2 is 1.97 bits per heavy atom. The second-order valence-corrected chi connectivity index (χ2v) is 7.87. The number of aldehydes is 1. The number of hydrogen-bond acceptors (Lipinski definition) is 6. The molecule has 0 aromatic heterocycles. The molecule has 1 saturated heterocycles.